The Morgan fingerprint density at radius 3 is 2.38 bits per heavy atom. The minimum absolute atomic E-state index is 0.0678. The van der Waals surface area contributed by atoms with Crippen molar-refractivity contribution in [3.05, 3.63) is 104 Å². The number of halogens is 2. The van der Waals surface area contributed by atoms with E-state index in [1.807, 2.05) is 61.2 Å². The van der Waals surface area contributed by atoms with E-state index in [9.17, 15) is 9.90 Å². The Balaban J connectivity index is 1.72. The number of nitrogens with zero attached hydrogens (tertiary/aromatic N) is 1. The number of hydrogen-bond donors (Lipinski definition) is 1. The molecule has 2 aliphatic rings. The first kappa shape index (κ1) is 23.6. The quantitative estimate of drug-likeness (QED) is 0.366. The van der Waals surface area contributed by atoms with Crippen LogP contribution >= 0.6 is 27.5 Å². The molecule has 0 unspecified atom stereocenters. The van der Waals surface area contributed by atoms with Gasteiger partial charge in [-0.2, -0.15) is 0 Å². The molecule has 0 spiro atoms. The van der Waals surface area contributed by atoms with E-state index in [0.717, 1.165) is 39.6 Å². The van der Waals surface area contributed by atoms with E-state index in [0.29, 0.717) is 17.2 Å². The Morgan fingerprint density at radius 2 is 1.76 bits per heavy atom. The lowest BCUT2D eigenvalue weighted by atomic mass is 9.91. The summed E-state index contributed by atoms with van der Waals surface area (Å²) in [6, 6.07) is 21.3. The largest absolute Gasteiger partial charge is 0.396 e. The smallest absolute Gasteiger partial charge is 0.257 e. The number of aryl methyl sites for hydroxylation is 1. The first-order valence-electron chi connectivity index (χ1n) is 11.5. The van der Waals surface area contributed by atoms with Gasteiger partial charge < -0.3 is 9.84 Å². The molecule has 4 nitrogen and oxygen atoms in total. The molecule has 3 aromatic carbocycles. The van der Waals surface area contributed by atoms with Crippen molar-refractivity contribution in [2.45, 2.75) is 38.5 Å². The Morgan fingerprint density at radius 1 is 1.09 bits per heavy atom. The van der Waals surface area contributed by atoms with Crippen LogP contribution in [0.15, 0.2) is 71.2 Å². The van der Waals surface area contributed by atoms with E-state index in [2.05, 4.69) is 40.2 Å². The van der Waals surface area contributed by atoms with Crippen molar-refractivity contribution < 1.29 is 14.6 Å². The van der Waals surface area contributed by atoms with Gasteiger partial charge in [-0.3, -0.25) is 9.69 Å². The van der Waals surface area contributed by atoms with Crippen LogP contribution < -0.4 is 0 Å². The zero-order valence-electron chi connectivity index (χ0n) is 19.2. The normalized spacial score (nSPS) is 21.4. The summed E-state index contributed by atoms with van der Waals surface area (Å²) in [7, 11) is 0. The van der Waals surface area contributed by atoms with Gasteiger partial charge in [0.2, 0.25) is 0 Å². The summed E-state index contributed by atoms with van der Waals surface area (Å²) in [5.74, 6) is -0.0897. The van der Waals surface area contributed by atoms with Crippen molar-refractivity contribution in [3.8, 4) is 0 Å². The molecular formula is C28H27BrClNO3. The van der Waals surface area contributed by atoms with Crippen LogP contribution in [0.4, 0.5) is 0 Å². The topological polar surface area (TPSA) is 49.8 Å². The van der Waals surface area contributed by atoms with Gasteiger partial charge in [0.05, 0.1) is 19.3 Å². The van der Waals surface area contributed by atoms with E-state index >= 15 is 0 Å². The summed E-state index contributed by atoms with van der Waals surface area (Å²) in [6.45, 7) is 4.51. The number of aliphatic hydroxyl groups is 1. The van der Waals surface area contributed by atoms with Crippen LogP contribution in [-0.2, 0) is 10.5 Å². The molecule has 176 valence electrons. The number of carbonyl (C=O) groups is 1. The minimum atomic E-state index is -1.15. The van der Waals surface area contributed by atoms with Gasteiger partial charge in [-0.05, 0) is 56.5 Å². The first-order valence-corrected chi connectivity index (χ1v) is 12.7. The van der Waals surface area contributed by atoms with E-state index in [1.54, 1.807) is 0 Å². The van der Waals surface area contributed by atoms with Gasteiger partial charge >= 0.3 is 0 Å². The summed E-state index contributed by atoms with van der Waals surface area (Å²) >= 11 is 9.78. The molecule has 0 radical (unpaired) electrons. The van der Waals surface area contributed by atoms with Gasteiger partial charge in [0, 0.05) is 31.6 Å². The van der Waals surface area contributed by atoms with Crippen LogP contribution in [-0.4, -0.2) is 29.1 Å². The third kappa shape index (κ3) is 3.89. The Kier molecular flexibility index (Phi) is 6.09. The predicted molar refractivity (Wildman–Crippen MR) is 137 cm³/mol. The van der Waals surface area contributed by atoms with Crippen molar-refractivity contribution >= 4 is 33.4 Å². The van der Waals surface area contributed by atoms with Gasteiger partial charge in [-0.15, -0.1) is 0 Å². The van der Waals surface area contributed by atoms with Crippen LogP contribution in [0.1, 0.15) is 58.4 Å². The second-order valence-corrected chi connectivity index (χ2v) is 10.9. The number of rotatable bonds is 7. The highest BCUT2D eigenvalue weighted by Gasteiger charge is 2.56. The molecule has 1 aliphatic carbocycles. The number of aliphatic hydroxyl groups excluding tert-OH is 1. The Hall–Kier alpha value is -2.18. The monoisotopic (exact) mass is 539 g/mol. The lowest BCUT2D eigenvalue weighted by Gasteiger charge is -2.43. The lowest BCUT2D eigenvalue weighted by Crippen LogP contribution is -2.49. The third-order valence-electron chi connectivity index (χ3n) is 7.20. The van der Waals surface area contributed by atoms with Gasteiger partial charge in [0.1, 0.15) is 0 Å². The zero-order valence-corrected chi connectivity index (χ0v) is 21.6. The molecule has 0 bridgehead atoms. The minimum Gasteiger partial charge on any atom is -0.396 e. The van der Waals surface area contributed by atoms with E-state index in [4.69, 9.17) is 16.3 Å². The van der Waals surface area contributed by atoms with Gasteiger partial charge in [-0.25, -0.2) is 0 Å². The molecule has 1 amide bonds. The van der Waals surface area contributed by atoms with Crippen LogP contribution in [0.3, 0.4) is 0 Å². The maximum atomic E-state index is 14.0. The molecule has 3 aromatic rings. The van der Waals surface area contributed by atoms with Crippen LogP contribution in [0.25, 0.3) is 0 Å². The number of fused-ring (bicyclic) bond motifs is 1. The van der Waals surface area contributed by atoms with Crippen molar-refractivity contribution in [2.24, 2.45) is 5.41 Å². The number of amides is 1. The number of benzene rings is 3. The highest BCUT2D eigenvalue weighted by atomic mass is 79.9. The molecule has 1 saturated carbocycles. The average molecular weight is 541 g/mol. The fourth-order valence-corrected chi connectivity index (χ4v) is 5.30. The van der Waals surface area contributed by atoms with Crippen molar-refractivity contribution in [3.63, 3.8) is 0 Å². The van der Waals surface area contributed by atoms with E-state index in [1.165, 1.54) is 0 Å². The summed E-state index contributed by atoms with van der Waals surface area (Å²) in [6.07, 6.45) is 1.82. The number of carbonyl (C=O) groups excluding carboxylic acids is 1. The second kappa shape index (κ2) is 8.80. The maximum absolute atomic E-state index is 14.0. The SMILES string of the molecule is Cc1ccc([C@H](C)N2C(=O)c3cc(Br)ccc3[C@]2(OCC2(CO)CC2)c2ccc(Cl)cc2)cc1. The molecule has 0 saturated heterocycles. The summed E-state index contributed by atoms with van der Waals surface area (Å²) < 4.78 is 7.67. The second-order valence-electron chi connectivity index (χ2n) is 9.55. The molecule has 1 fully saturated rings. The van der Waals surface area contributed by atoms with Crippen LogP contribution in [0.5, 0.6) is 0 Å². The van der Waals surface area contributed by atoms with E-state index < -0.39 is 5.72 Å². The van der Waals surface area contributed by atoms with Gasteiger partial charge in [0.15, 0.2) is 5.72 Å². The molecule has 1 heterocycles. The third-order valence-corrected chi connectivity index (χ3v) is 7.94. The molecule has 2 atom stereocenters. The molecule has 1 N–H and O–H groups in total. The lowest BCUT2D eigenvalue weighted by molar-refractivity contribution is -0.137. The number of hydrogen-bond acceptors (Lipinski definition) is 3. The van der Waals surface area contributed by atoms with Crippen LogP contribution in [0, 0.1) is 12.3 Å². The van der Waals surface area contributed by atoms with E-state index in [-0.39, 0.29) is 24.0 Å². The average Bonchev–Trinajstić information content (AvgIpc) is 3.58. The van der Waals surface area contributed by atoms with Crippen LogP contribution in [0.2, 0.25) is 5.02 Å². The fraction of sp³-hybridized carbons (Fsp3) is 0.321. The molecule has 5 rings (SSSR count). The molecule has 0 aromatic heterocycles. The van der Waals surface area contributed by atoms with Crippen molar-refractivity contribution in [1.82, 2.24) is 4.90 Å². The summed E-state index contributed by atoms with van der Waals surface area (Å²) in [4.78, 5) is 15.9. The Labute approximate surface area is 213 Å². The molecule has 1 aliphatic heterocycles. The first-order chi connectivity index (χ1) is 16.3. The highest BCUT2D eigenvalue weighted by Crippen LogP contribution is 2.53. The van der Waals surface area contributed by atoms with Gasteiger partial charge in [-0.1, -0.05) is 75.6 Å². The molecule has 6 heteroatoms. The molecule has 34 heavy (non-hydrogen) atoms. The predicted octanol–water partition coefficient (Wildman–Crippen LogP) is 6.62. The summed E-state index contributed by atoms with van der Waals surface area (Å²) in [5, 5.41) is 10.6. The number of ether oxygens (including phenoxy) is 1. The van der Waals surface area contributed by atoms with Crippen molar-refractivity contribution in [2.75, 3.05) is 13.2 Å². The van der Waals surface area contributed by atoms with Gasteiger partial charge in [0.25, 0.3) is 5.91 Å². The Bertz CT molecular complexity index is 1220. The zero-order chi connectivity index (χ0) is 24.1. The van der Waals surface area contributed by atoms with Crippen molar-refractivity contribution in [1.29, 1.82) is 0 Å². The summed E-state index contributed by atoms with van der Waals surface area (Å²) in [5.41, 5.74) is 3.03. The maximum Gasteiger partial charge on any atom is 0.257 e. The standard InChI is InChI=1S/C28H27BrClNO3/c1-18-3-5-20(6-4-18)19(2)31-26(33)24-15-22(29)9-12-25(24)28(31,21-7-10-23(30)11-8-21)34-17-27(16-32)13-14-27/h3-12,15,19,32H,13-14,16-17H2,1-2H3/t19-,28+/m0/s1. The highest BCUT2D eigenvalue weighted by molar-refractivity contribution is 9.10. The molecular weight excluding hydrogens is 514 g/mol. The fourth-order valence-electron chi connectivity index (χ4n) is 4.82.